The average molecular weight is 504 g/mol. The lowest BCUT2D eigenvalue weighted by Crippen LogP contribution is -2.46. The molecule has 1 amide bonds. The predicted octanol–water partition coefficient (Wildman–Crippen LogP) is 5.10. The van der Waals surface area contributed by atoms with Crippen molar-refractivity contribution in [2.75, 3.05) is 24.4 Å². The molecule has 0 spiro atoms. The Kier molecular flexibility index (Phi) is 7.16. The molecule has 2 N–H and O–H groups in total. The van der Waals surface area contributed by atoms with E-state index in [2.05, 4.69) is 55.9 Å². The molecule has 2 aliphatic rings. The Morgan fingerprint density at radius 3 is 2.67 bits per heavy atom. The standard InChI is InChI=1S/C28H33N5O2S/c1-17(2)13-22-24-16-33(12-11-29-22)27(34)20-9-6-10-21(14-20)36-32-28-30-23(15-25(31-28)35-24)26-18(3)7-5-8-19(26)4/h5-10,14-15,17,22,24,29H,11-13,16H2,1-4H3,(H,30,31,32)/t22-,24+/m1/s1. The molecule has 5 rings (SSSR count). The lowest BCUT2D eigenvalue weighted by molar-refractivity contribution is 0.0653. The van der Waals surface area contributed by atoms with Crippen molar-refractivity contribution >= 4 is 23.8 Å². The number of hydrogen-bond acceptors (Lipinski definition) is 7. The molecule has 3 heterocycles. The fourth-order valence-electron chi connectivity index (χ4n) is 5.01. The van der Waals surface area contributed by atoms with E-state index in [0.717, 1.165) is 40.2 Å². The number of rotatable bonds is 3. The van der Waals surface area contributed by atoms with Crippen LogP contribution in [0.2, 0.25) is 0 Å². The quantitative estimate of drug-likeness (QED) is 0.482. The van der Waals surface area contributed by atoms with E-state index in [1.807, 2.05) is 35.2 Å². The number of anilines is 1. The summed E-state index contributed by atoms with van der Waals surface area (Å²) in [4.78, 5) is 25.9. The van der Waals surface area contributed by atoms with Gasteiger partial charge in [0.15, 0.2) is 0 Å². The molecule has 0 radical (unpaired) electrons. The van der Waals surface area contributed by atoms with E-state index >= 15 is 0 Å². The smallest absolute Gasteiger partial charge is 0.254 e. The van der Waals surface area contributed by atoms with Gasteiger partial charge in [0.05, 0.1) is 12.2 Å². The summed E-state index contributed by atoms with van der Waals surface area (Å²) in [6.45, 7) is 10.5. The number of nitrogens with one attached hydrogen (secondary N) is 2. The summed E-state index contributed by atoms with van der Waals surface area (Å²) < 4.78 is 9.91. The van der Waals surface area contributed by atoms with Crippen LogP contribution in [0, 0.1) is 19.8 Å². The minimum absolute atomic E-state index is 0.0197. The second kappa shape index (κ2) is 10.5. The maximum Gasteiger partial charge on any atom is 0.254 e. The van der Waals surface area contributed by atoms with E-state index in [4.69, 9.17) is 14.7 Å². The Bertz CT molecular complexity index is 1240. The Balaban J connectivity index is 1.62. The van der Waals surface area contributed by atoms with Gasteiger partial charge in [0.1, 0.15) is 6.10 Å². The highest BCUT2D eigenvalue weighted by Gasteiger charge is 2.32. The van der Waals surface area contributed by atoms with Crippen LogP contribution < -0.4 is 14.8 Å². The van der Waals surface area contributed by atoms with Gasteiger partial charge in [0, 0.05) is 41.2 Å². The molecule has 2 atom stereocenters. The number of nitrogens with zero attached hydrogens (tertiary/aromatic N) is 3. The third-order valence-electron chi connectivity index (χ3n) is 6.70. The first kappa shape index (κ1) is 24.6. The van der Waals surface area contributed by atoms with Crippen LogP contribution in [0.1, 0.15) is 41.8 Å². The first-order valence-corrected chi connectivity index (χ1v) is 13.4. The highest BCUT2D eigenvalue weighted by molar-refractivity contribution is 8.00. The average Bonchev–Trinajstić information content (AvgIpc) is 3.03. The van der Waals surface area contributed by atoms with E-state index < -0.39 is 0 Å². The van der Waals surface area contributed by atoms with Gasteiger partial charge in [-0.2, -0.15) is 4.98 Å². The zero-order valence-corrected chi connectivity index (χ0v) is 22.1. The van der Waals surface area contributed by atoms with E-state index in [9.17, 15) is 4.79 Å². The molecule has 0 unspecified atom stereocenters. The first-order chi connectivity index (χ1) is 17.4. The van der Waals surface area contributed by atoms with E-state index in [1.165, 1.54) is 11.9 Å². The maximum atomic E-state index is 13.5. The number of ether oxygens (including phenoxy) is 1. The number of amides is 1. The number of hydrogen-bond donors (Lipinski definition) is 2. The van der Waals surface area contributed by atoms with Gasteiger partial charge >= 0.3 is 0 Å². The summed E-state index contributed by atoms with van der Waals surface area (Å²) in [7, 11) is 0. The van der Waals surface area contributed by atoms with Crippen LogP contribution in [0.5, 0.6) is 5.88 Å². The molecular weight excluding hydrogens is 470 g/mol. The second-order valence-electron chi connectivity index (χ2n) is 10.0. The SMILES string of the molecule is Cc1cccc(C)c1-c1cc2nc(n1)NSc1cccc(c1)C(=O)N1CCN[C@H](CC(C)C)[C@H](C1)O2. The summed E-state index contributed by atoms with van der Waals surface area (Å²) in [5, 5.41) is 3.64. The second-order valence-corrected chi connectivity index (χ2v) is 10.9. The lowest BCUT2D eigenvalue weighted by atomic mass is 9.98. The van der Waals surface area contributed by atoms with Crippen LogP contribution in [0.25, 0.3) is 11.3 Å². The summed E-state index contributed by atoms with van der Waals surface area (Å²) in [5.74, 6) is 1.49. The summed E-state index contributed by atoms with van der Waals surface area (Å²) >= 11 is 1.39. The third-order valence-corrected chi connectivity index (χ3v) is 7.48. The van der Waals surface area contributed by atoms with Crippen LogP contribution in [-0.2, 0) is 0 Å². The van der Waals surface area contributed by atoms with Gasteiger partial charge in [-0.15, -0.1) is 0 Å². The van der Waals surface area contributed by atoms with Gasteiger partial charge in [-0.25, -0.2) is 4.98 Å². The van der Waals surface area contributed by atoms with Crippen molar-refractivity contribution in [3.8, 4) is 17.1 Å². The van der Waals surface area contributed by atoms with Gasteiger partial charge in [-0.05, 0) is 67.5 Å². The maximum absolute atomic E-state index is 13.5. The molecule has 36 heavy (non-hydrogen) atoms. The van der Waals surface area contributed by atoms with Gasteiger partial charge in [0.25, 0.3) is 5.91 Å². The molecular formula is C28H33N5O2S. The van der Waals surface area contributed by atoms with E-state index in [1.54, 1.807) is 0 Å². The highest BCUT2D eigenvalue weighted by Crippen LogP contribution is 2.31. The number of carbonyl (C=O) groups is 1. The zero-order chi connectivity index (χ0) is 25.2. The summed E-state index contributed by atoms with van der Waals surface area (Å²) in [5.41, 5.74) is 4.87. The van der Waals surface area contributed by atoms with Crippen molar-refractivity contribution < 1.29 is 9.53 Å². The van der Waals surface area contributed by atoms with Gasteiger partial charge < -0.3 is 15.0 Å². The van der Waals surface area contributed by atoms with E-state index in [-0.39, 0.29) is 18.1 Å². The number of aromatic nitrogens is 2. The van der Waals surface area contributed by atoms with Crippen molar-refractivity contribution in [1.29, 1.82) is 0 Å². The minimum atomic E-state index is -0.246. The molecule has 2 aliphatic heterocycles. The van der Waals surface area contributed by atoms with Crippen LogP contribution in [0.4, 0.5) is 5.95 Å². The molecule has 188 valence electrons. The number of carbonyl (C=O) groups excluding carboxylic acids is 1. The van der Waals surface area contributed by atoms with Crippen molar-refractivity contribution in [2.24, 2.45) is 5.92 Å². The normalized spacial score (nSPS) is 19.9. The first-order valence-electron chi connectivity index (χ1n) is 12.6. The molecule has 1 aromatic heterocycles. The molecule has 8 heteroatoms. The lowest BCUT2D eigenvalue weighted by Gasteiger charge is -2.30. The Morgan fingerprint density at radius 1 is 1.11 bits per heavy atom. The molecule has 3 aromatic rings. The number of benzene rings is 2. The Labute approximate surface area is 217 Å². The molecule has 6 bridgehead atoms. The van der Waals surface area contributed by atoms with Crippen molar-refractivity contribution in [1.82, 2.24) is 20.2 Å². The predicted molar refractivity (Wildman–Crippen MR) is 144 cm³/mol. The van der Waals surface area contributed by atoms with Crippen LogP contribution in [-0.4, -0.2) is 52.6 Å². The van der Waals surface area contributed by atoms with Crippen molar-refractivity contribution in [3.63, 3.8) is 0 Å². The van der Waals surface area contributed by atoms with E-state index in [0.29, 0.717) is 36.4 Å². The Morgan fingerprint density at radius 2 is 1.89 bits per heavy atom. The molecule has 1 saturated heterocycles. The van der Waals surface area contributed by atoms with Crippen LogP contribution >= 0.6 is 11.9 Å². The zero-order valence-electron chi connectivity index (χ0n) is 21.2. The topological polar surface area (TPSA) is 79.4 Å². The third kappa shape index (κ3) is 5.34. The minimum Gasteiger partial charge on any atom is -0.471 e. The molecule has 2 aromatic carbocycles. The fourth-order valence-corrected chi connectivity index (χ4v) is 5.64. The molecule has 0 aliphatic carbocycles. The molecule has 1 fully saturated rings. The highest BCUT2D eigenvalue weighted by atomic mass is 32.2. The van der Waals surface area contributed by atoms with Crippen LogP contribution in [0.15, 0.2) is 53.4 Å². The largest absolute Gasteiger partial charge is 0.471 e. The van der Waals surface area contributed by atoms with Crippen molar-refractivity contribution in [3.05, 3.63) is 65.2 Å². The number of fused-ring (bicyclic) bond motifs is 6. The molecule has 7 nitrogen and oxygen atoms in total. The molecule has 0 saturated carbocycles. The van der Waals surface area contributed by atoms with Crippen molar-refractivity contribution in [2.45, 2.75) is 51.2 Å². The van der Waals surface area contributed by atoms with Crippen LogP contribution in [0.3, 0.4) is 0 Å². The van der Waals surface area contributed by atoms with Gasteiger partial charge in [-0.3, -0.25) is 9.52 Å². The number of aryl methyl sites for hydroxylation is 2. The van der Waals surface area contributed by atoms with Gasteiger partial charge in [-0.1, -0.05) is 38.1 Å². The summed E-state index contributed by atoms with van der Waals surface area (Å²) in [6, 6.07) is 16.0. The monoisotopic (exact) mass is 503 g/mol. The summed E-state index contributed by atoms with van der Waals surface area (Å²) in [6.07, 6.45) is 0.696. The fraction of sp³-hybridized carbons (Fsp3) is 0.393. The Hall–Kier alpha value is -3.10. The van der Waals surface area contributed by atoms with Gasteiger partial charge in [0.2, 0.25) is 11.8 Å².